The minimum Gasteiger partial charge on any atom is -0.477 e. The van der Waals surface area contributed by atoms with Crippen LogP contribution in [0.3, 0.4) is 0 Å². The van der Waals surface area contributed by atoms with E-state index < -0.39 is 5.97 Å². The highest BCUT2D eigenvalue weighted by atomic mass is 32.1. The Labute approximate surface area is 90.6 Å². The molecule has 78 valence electrons. The molecule has 0 aliphatic carbocycles. The van der Waals surface area contributed by atoms with Gasteiger partial charge < -0.3 is 10.1 Å². The van der Waals surface area contributed by atoms with Crippen molar-refractivity contribution in [3.8, 4) is 10.7 Å². The number of thiophene rings is 1. The number of aromatic amines is 1. The lowest BCUT2D eigenvalue weighted by molar-refractivity contribution is 0.0691. The standard InChI is InChI=1S/C10H10N2O2S/c1-2-6-3-4-8(15-6)9-11-5-7(12-9)10(13)14/h3-5H,2H2,1H3,(H,11,12)(H,13,14). The van der Waals surface area contributed by atoms with Crippen LogP contribution in [0.5, 0.6) is 0 Å². The van der Waals surface area contributed by atoms with Gasteiger partial charge in [0.2, 0.25) is 0 Å². The molecule has 15 heavy (non-hydrogen) atoms. The molecule has 0 spiro atoms. The Kier molecular flexibility index (Phi) is 2.55. The lowest BCUT2D eigenvalue weighted by atomic mass is 10.3. The molecular formula is C10H10N2O2S. The summed E-state index contributed by atoms with van der Waals surface area (Å²) in [5.41, 5.74) is 0.122. The third-order valence-corrected chi connectivity index (χ3v) is 3.29. The van der Waals surface area contributed by atoms with Gasteiger partial charge in [0.15, 0.2) is 0 Å². The van der Waals surface area contributed by atoms with Gasteiger partial charge >= 0.3 is 5.97 Å². The second-order valence-corrected chi connectivity index (χ2v) is 4.24. The van der Waals surface area contributed by atoms with E-state index in [1.165, 1.54) is 11.1 Å². The Morgan fingerprint density at radius 2 is 2.40 bits per heavy atom. The summed E-state index contributed by atoms with van der Waals surface area (Å²) in [5, 5.41) is 8.73. The number of imidazole rings is 1. The number of aryl methyl sites for hydroxylation is 1. The Bertz CT molecular complexity index is 487. The predicted octanol–water partition coefficient (Wildman–Crippen LogP) is 2.40. The van der Waals surface area contributed by atoms with Crippen LogP contribution in [-0.4, -0.2) is 21.0 Å². The Morgan fingerprint density at radius 1 is 1.60 bits per heavy atom. The Balaban J connectivity index is 2.32. The molecule has 5 heteroatoms. The Hall–Kier alpha value is -1.62. The third-order valence-electron chi connectivity index (χ3n) is 2.05. The number of carboxylic acids is 1. The lowest BCUT2D eigenvalue weighted by Gasteiger charge is -1.89. The number of carboxylic acid groups (broad SMARTS) is 1. The van der Waals surface area contributed by atoms with Crippen molar-refractivity contribution in [1.29, 1.82) is 0 Å². The number of hydrogen-bond donors (Lipinski definition) is 2. The summed E-state index contributed by atoms with van der Waals surface area (Å²) < 4.78 is 0. The lowest BCUT2D eigenvalue weighted by Crippen LogP contribution is -1.95. The van der Waals surface area contributed by atoms with Crippen LogP contribution in [0.2, 0.25) is 0 Å². The average Bonchev–Trinajstić information content (AvgIpc) is 2.86. The first-order chi connectivity index (χ1) is 7.20. The molecule has 2 aromatic heterocycles. The van der Waals surface area contributed by atoms with Gasteiger partial charge in [0.05, 0.1) is 11.1 Å². The van der Waals surface area contributed by atoms with Crippen LogP contribution in [0.1, 0.15) is 22.3 Å². The molecule has 0 fully saturated rings. The normalized spacial score (nSPS) is 10.5. The van der Waals surface area contributed by atoms with Crippen LogP contribution in [0.15, 0.2) is 18.3 Å². The zero-order valence-electron chi connectivity index (χ0n) is 8.15. The van der Waals surface area contributed by atoms with Gasteiger partial charge in [0.1, 0.15) is 11.5 Å². The molecule has 0 radical (unpaired) electrons. The van der Waals surface area contributed by atoms with Crippen molar-refractivity contribution >= 4 is 17.3 Å². The zero-order valence-corrected chi connectivity index (χ0v) is 8.97. The molecule has 0 bridgehead atoms. The van der Waals surface area contributed by atoms with E-state index in [1.54, 1.807) is 11.3 Å². The largest absolute Gasteiger partial charge is 0.477 e. The molecule has 2 N–H and O–H groups in total. The van der Waals surface area contributed by atoms with Crippen molar-refractivity contribution < 1.29 is 9.90 Å². The number of rotatable bonds is 3. The van der Waals surface area contributed by atoms with E-state index in [-0.39, 0.29) is 5.69 Å². The van der Waals surface area contributed by atoms with Gasteiger partial charge in [0.25, 0.3) is 0 Å². The quantitative estimate of drug-likeness (QED) is 0.838. The second kappa shape index (κ2) is 3.86. The molecule has 0 aromatic carbocycles. The first-order valence-corrected chi connectivity index (χ1v) is 5.39. The number of aromatic carboxylic acids is 1. The van der Waals surface area contributed by atoms with Gasteiger partial charge in [-0.25, -0.2) is 9.78 Å². The van der Waals surface area contributed by atoms with Crippen molar-refractivity contribution in [2.45, 2.75) is 13.3 Å². The van der Waals surface area contributed by atoms with Gasteiger partial charge in [-0.1, -0.05) is 6.92 Å². The number of hydrogen-bond acceptors (Lipinski definition) is 3. The minimum atomic E-state index is -0.985. The second-order valence-electron chi connectivity index (χ2n) is 3.07. The highest BCUT2D eigenvalue weighted by Gasteiger charge is 2.10. The summed E-state index contributed by atoms with van der Waals surface area (Å²) in [6, 6.07) is 3.98. The summed E-state index contributed by atoms with van der Waals surface area (Å²) in [4.78, 5) is 19.7. The number of nitrogens with zero attached hydrogens (tertiary/aromatic N) is 1. The Morgan fingerprint density at radius 3 is 2.93 bits per heavy atom. The van der Waals surface area contributed by atoms with Crippen LogP contribution >= 0.6 is 11.3 Å². The molecule has 2 heterocycles. The van der Waals surface area contributed by atoms with Gasteiger partial charge in [-0.15, -0.1) is 11.3 Å². The molecule has 0 aliphatic heterocycles. The number of carbonyl (C=O) groups is 1. The van der Waals surface area contributed by atoms with E-state index >= 15 is 0 Å². The zero-order chi connectivity index (χ0) is 10.8. The van der Waals surface area contributed by atoms with E-state index in [4.69, 9.17) is 5.11 Å². The van der Waals surface area contributed by atoms with Crippen LogP contribution < -0.4 is 0 Å². The maximum absolute atomic E-state index is 10.6. The van der Waals surface area contributed by atoms with E-state index in [1.807, 2.05) is 12.1 Å². The number of aromatic nitrogens is 2. The van der Waals surface area contributed by atoms with Crippen molar-refractivity contribution in [3.05, 3.63) is 28.9 Å². The fourth-order valence-corrected chi connectivity index (χ4v) is 2.15. The maximum Gasteiger partial charge on any atom is 0.353 e. The fourth-order valence-electron chi connectivity index (χ4n) is 1.25. The first kappa shape index (κ1) is 9.92. The van der Waals surface area contributed by atoms with Crippen molar-refractivity contribution in [2.24, 2.45) is 0 Å². The van der Waals surface area contributed by atoms with E-state index in [0.717, 1.165) is 11.3 Å². The van der Waals surface area contributed by atoms with E-state index in [0.29, 0.717) is 5.82 Å². The molecule has 0 unspecified atom stereocenters. The molecule has 0 amide bonds. The molecule has 2 rings (SSSR count). The summed E-state index contributed by atoms with van der Waals surface area (Å²) >= 11 is 1.62. The molecule has 2 aromatic rings. The number of nitrogens with one attached hydrogen (secondary N) is 1. The number of H-pyrrole nitrogens is 1. The molecule has 0 atom stereocenters. The monoisotopic (exact) mass is 222 g/mol. The van der Waals surface area contributed by atoms with Gasteiger partial charge in [-0.05, 0) is 18.6 Å². The molecule has 0 aliphatic rings. The van der Waals surface area contributed by atoms with Crippen LogP contribution in [0.4, 0.5) is 0 Å². The minimum absolute atomic E-state index is 0.122. The average molecular weight is 222 g/mol. The SMILES string of the molecule is CCc1ccc(-c2ncc(C(=O)O)[nH]2)s1. The summed E-state index contributed by atoms with van der Waals surface area (Å²) in [7, 11) is 0. The maximum atomic E-state index is 10.6. The highest BCUT2D eigenvalue weighted by molar-refractivity contribution is 7.15. The third kappa shape index (κ3) is 1.92. The van der Waals surface area contributed by atoms with Gasteiger partial charge in [-0.2, -0.15) is 0 Å². The topological polar surface area (TPSA) is 66.0 Å². The summed E-state index contributed by atoms with van der Waals surface area (Å²) in [6.07, 6.45) is 2.32. The van der Waals surface area contributed by atoms with E-state index in [2.05, 4.69) is 16.9 Å². The van der Waals surface area contributed by atoms with Gasteiger partial charge in [-0.3, -0.25) is 0 Å². The van der Waals surface area contributed by atoms with Crippen LogP contribution in [0, 0.1) is 0 Å². The van der Waals surface area contributed by atoms with Crippen LogP contribution in [0.25, 0.3) is 10.7 Å². The first-order valence-electron chi connectivity index (χ1n) is 4.58. The predicted molar refractivity (Wildman–Crippen MR) is 58.2 cm³/mol. The summed E-state index contributed by atoms with van der Waals surface area (Å²) in [6.45, 7) is 2.08. The molecular weight excluding hydrogens is 212 g/mol. The molecule has 0 saturated heterocycles. The summed E-state index contributed by atoms with van der Waals surface area (Å²) in [5.74, 6) is -0.363. The van der Waals surface area contributed by atoms with Gasteiger partial charge in [0, 0.05) is 4.88 Å². The van der Waals surface area contributed by atoms with E-state index in [9.17, 15) is 4.79 Å². The smallest absolute Gasteiger partial charge is 0.353 e. The van der Waals surface area contributed by atoms with Crippen molar-refractivity contribution in [2.75, 3.05) is 0 Å². The van der Waals surface area contributed by atoms with Crippen molar-refractivity contribution in [3.63, 3.8) is 0 Å². The van der Waals surface area contributed by atoms with Crippen molar-refractivity contribution in [1.82, 2.24) is 9.97 Å². The highest BCUT2D eigenvalue weighted by Crippen LogP contribution is 2.25. The van der Waals surface area contributed by atoms with Crippen LogP contribution in [-0.2, 0) is 6.42 Å². The molecule has 4 nitrogen and oxygen atoms in total. The molecule has 0 saturated carbocycles. The fraction of sp³-hybridized carbons (Fsp3) is 0.200.